The predicted octanol–water partition coefficient (Wildman–Crippen LogP) is 5.98. The van der Waals surface area contributed by atoms with Crippen molar-refractivity contribution in [3.05, 3.63) is 89.5 Å². The standard InChI is InChI=1S/C33H40N2O6/c1-2-39-31(32(36)37)23-25-13-17-30(18-14-25)41-22-20-35(19-6-7-21-40-29-11-4-3-5-12-29)33(38)34-28-16-15-26-9-8-10-27(26)24-28/h3-5,11-18,24,31H,2,6-10,19-23H2,1H3,(H,34,38)(H,36,37). The summed E-state index contributed by atoms with van der Waals surface area (Å²) < 4.78 is 17.0. The minimum Gasteiger partial charge on any atom is -0.494 e. The summed E-state index contributed by atoms with van der Waals surface area (Å²) >= 11 is 0. The zero-order valence-corrected chi connectivity index (χ0v) is 23.7. The monoisotopic (exact) mass is 560 g/mol. The van der Waals surface area contributed by atoms with Crippen LogP contribution in [-0.2, 0) is 28.8 Å². The molecular weight excluding hydrogens is 520 g/mol. The maximum atomic E-state index is 13.3. The largest absolute Gasteiger partial charge is 0.494 e. The van der Waals surface area contributed by atoms with E-state index in [1.165, 1.54) is 11.1 Å². The molecule has 0 spiro atoms. The number of fused-ring (bicyclic) bond motifs is 1. The van der Waals surface area contributed by atoms with Gasteiger partial charge in [-0.2, -0.15) is 0 Å². The lowest BCUT2D eigenvalue weighted by atomic mass is 10.1. The van der Waals surface area contributed by atoms with Crippen molar-refractivity contribution in [2.45, 2.75) is 51.6 Å². The zero-order valence-electron chi connectivity index (χ0n) is 23.7. The van der Waals surface area contributed by atoms with Crippen LogP contribution >= 0.6 is 0 Å². The van der Waals surface area contributed by atoms with Gasteiger partial charge >= 0.3 is 12.0 Å². The lowest BCUT2D eigenvalue weighted by Gasteiger charge is -2.23. The molecule has 1 unspecified atom stereocenters. The molecular formula is C33H40N2O6. The van der Waals surface area contributed by atoms with E-state index in [9.17, 15) is 14.7 Å². The summed E-state index contributed by atoms with van der Waals surface area (Å²) in [4.78, 5) is 26.4. The molecule has 218 valence electrons. The highest BCUT2D eigenvalue weighted by molar-refractivity contribution is 5.89. The van der Waals surface area contributed by atoms with Crippen LogP contribution in [0.2, 0.25) is 0 Å². The SMILES string of the molecule is CCOC(Cc1ccc(OCCN(CCCCOc2ccccc2)C(=O)Nc2ccc3c(c2)CCC3)cc1)C(=O)O. The zero-order chi connectivity index (χ0) is 28.9. The van der Waals surface area contributed by atoms with Crippen LogP contribution in [0.5, 0.6) is 11.5 Å². The minimum absolute atomic E-state index is 0.151. The molecule has 0 saturated heterocycles. The number of benzene rings is 3. The number of urea groups is 1. The van der Waals surface area contributed by atoms with E-state index >= 15 is 0 Å². The number of carboxylic acids is 1. The number of hydrogen-bond acceptors (Lipinski definition) is 5. The molecule has 1 aliphatic rings. The lowest BCUT2D eigenvalue weighted by Crippen LogP contribution is -2.38. The van der Waals surface area contributed by atoms with Crippen molar-refractivity contribution in [1.29, 1.82) is 0 Å². The summed E-state index contributed by atoms with van der Waals surface area (Å²) in [5, 5.41) is 12.4. The summed E-state index contributed by atoms with van der Waals surface area (Å²) in [6, 6.07) is 23.1. The summed E-state index contributed by atoms with van der Waals surface area (Å²) in [5.74, 6) is 0.527. The van der Waals surface area contributed by atoms with Crippen molar-refractivity contribution in [1.82, 2.24) is 4.90 Å². The van der Waals surface area contributed by atoms with Crippen LogP contribution in [0.3, 0.4) is 0 Å². The average molecular weight is 561 g/mol. The molecule has 0 fully saturated rings. The van der Waals surface area contributed by atoms with E-state index in [-0.39, 0.29) is 12.5 Å². The molecule has 0 radical (unpaired) electrons. The average Bonchev–Trinajstić information content (AvgIpc) is 3.45. The first-order valence-corrected chi connectivity index (χ1v) is 14.4. The fourth-order valence-corrected chi connectivity index (χ4v) is 4.91. The molecule has 0 aromatic heterocycles. The molecule has 0 saturated carbocycles. The summed E-state index contributed by atoms with van der Waals surface area (Å²) in [6.07, 6.45) is 4.35. The van der Waals surface area contributed by atoms with Gasteiger partial charge in [-0.1, -0.05) is 36.4 Å². The third-order valence-electron chi connectivity index (χ3n) is 7.09. The van der Waals surface area contributed by atoms with Gasteiger partial charge in [0.2, 0.25) is 0 Å². The highest BCUT2D eigenvalue weighted by Crippen LogP contribution is 2.25. The van der Waals surface area contributed by atoms with Crippen LogP contribution in [-0.4, -0.2) is 61.0 Å². The van der Waals surface area contributed by atoms with Crippen molar-refractivity contribution < 1.29 is 28.9 Å². The maximum Gasteiger partial charge on any atom is 0.333 e. The fourth-order valence-electron chi connectivity index (χ4n) is 4.91. The number of aryl methyl sites for hydroxylation is 2. The first kappa shape index (κ1) is 29.9. The van der Waals surface area contributed by atoms with Crippen LogP contribution < -0.4 is 14.8 Å². The molecule has 4 rings (SSSR count). The molecule has 1 aliphatic carbocycles. The first-order valence-electron chi connectivity index (χ1n) is 14.4. The Balaban J connectivity index is 1.29. The molecule has 2 amide bonds. The molecule has 0 bridgehead atoms. The second-order valence-corrected chi connectivity index (χ2v) is 10.1. The van der Waals surface area contributed by atoms with Crippen LogP contribution in [0.25, 0.3) is 0 Å². The number of nitrogens with one attached hydrogen (secondary N) is 1. The Morgan fingerprint density at radius 2 is 1.61 bits per heavy atom. The Bertz CT molecular complexity index is 1250. The van der Waals surface area contributed by atoms with E-state index in [0.717, 1.165) is 49.1 Å². The van der Waals surface area contributed by atoms with Crippen LogP contribution in [0, 0.1) is 0 Å². The van der Waals surface area contributed by atoms with Gasteiger partial charge in [-0.3, -0.25) is 0 Å². The van der Waals surface area contributed by atoms with Crippen molar-refractivity contribution in [3.63, 3.8) is 0 Å². The van der Waals surface area contributed by atoms with E-state index in [0.29, 0.717) is 38.7 Å². The van der Waals surface area contributed by atoms with E-state index in [4.69, 9.17) is 14.2 Å². The van der Waals surface area contributed by atoms with Crippen molar-refractivity contribution >= 4 is 17.7 Å². The molecule has 3 aromatic rings. The Morgan fingerprint density at radius 3 is 2.37 bits per heavy atom. The number of hydrogen-bond donors (Lipinski definition) is 2. The Hall–Kier alpha value is -4.04. The summed E-state index contributed by atoms with van der Waals surface area (Å²) in [5.41, 5.74) is 4.35. The van der Waals surface area contributed by atoms with Gasteiger partial charge in [0.1, 0.15) is 18.1 Å². The van der Waals surface area contributed by atoms with Crippen molar-refractivity contribution in [2.75, 3.05) is 38.2 Å². The molecule has 2 N–H and O–H groups in total. The predicted molar refractivity (Wildman–Crippen MR) is 159 cm³/mol. The van der Waals surface area contributed by atoms with Gasteiger partial charge in [0, 0.05) is 25.3 Å². The van der Waals surface area contributed by atoms with E-state index in [2.05, 4.69) is 17.4 Å². The Kier molecular flexibility index (Phi) is 11.4. The van der Waals surface area contributed by atoms with Gasteiger partial charge in [-0.05, 0) is 92.1 Å². The quantitative estimate of drug-likeness (QED) is 0.209. The number of carboxylic acid groups (broad SMARTS) is 1. The van der Waals surface area contributed by atoms with Crippen molar-refractivity contribution in [3.8, 4) is 11.5 Å². The number of carbonyl (C=O) groups excluding carboxylic acids is 1. The van der Waals surface area contributed by atoms with Gasteiger partial charge in [0.05, 0.1) is 13.2 Å². The summed E-state index contributed by atoms with van der Waals surface area (Å²) in [7, 11) is 0. The van der Waals surface area contributed by atoms with Gasteiger partial charge in [0.15, 0.2) is 6.10 Å². The number of aliphatic carboxylic acids is 1. The Labute approximate surface area is 242 Å². The highest BCUT2D eigenvalue weighted by atomic mass is 16.5. The number of para-hydroxylation sites is 1. The molecule has 8 nitrogen and oxygen atoms in total. The number of ether oxygens (including phenoxy) is 3. The fraction of sp³-hybridized carbons (Fsp3) is 0.394. The van der Waals surface area contributed by atoms with Crippen LogP contribution in [0.4, 0.5) is 10.5 Å². The van der Waals surface area contributed by atoms with E-state index in [1.54, 1.807) is 11.8 Å². The number of unbranched alkanes of at least 4 members (excludes halogenated alkanes) is 1. The number of anilines is 1. The molecule has 0 aliphatic heterocycles. The maximum absolute atomic E-state index is 13.3. The number of carbonyl (C=O) groups is 2. The van der Waals surface area contributed by atoms with Gasteiger partial charge in [-0.25, -0.2) is 9.59 Å². The number of rotatable bonds is 16. The minimum atomic E-state index is -0.975. The van der Waals surface area contributed by atoms with Crippen LogP contribution in [0.15, 0.2) is 72.8 Å². The van der Waals surface area contributed by atoms with Gasteiger partial charge < -0.3 is 29.5 Å². The highest BCUT2D eigenvalue weighted by Gasteiger charge is 2.18. The lowest BCUT2D eigenvalue weighted by molar-refractivity contribution is -0.149. The van der Waals surface area contributed by atoms with E-state index < -0.39 is 12.1 Å². The van der Waals surface area contributed by atoms with Crippen LogP contribution in [0.1, 0.15) is 42.9 Å². The van der Waals surface area contributed by atoms with Gasteiger partial charge in [-0.15, -0.1) is 0 Å². The first-order chi connectivity index (χ1) is 20.0. The van der Waals surface area contributed by atoms with Crippen molar-refractivity contribution in [2.24, 2.45) is 0 Å². The number of nitrogens with zero attached hydrogens (tertiary/aromatic N) is 1. The molecule has 41 heavy (non-hydrogen) atoms. The number of amides is 2. The molecule has 0 heterocycles. The molecule has 1 atom stereocenters. The third kappa shape index (κ3) is 9.53. The van der Waals surface area contributed by atoms with Gasteiger partial charge in [0.25, 0.3) is 0 Å². The normalized spacial score (nSPS) is 12.8. The van der Waals surface area contributed by atoms with E-state index in [1.807, 2.05) is 60.7 Å². The molecule has 3 aromatic carbocycles. The smallest absolute Gasteiger partial charge is 0.333 e. The molecule has 8 heteroatoms. The third-order valence-corrected chi connectivity index (χ3v) is 7.09. The second-order valence-electron chi connectivity index (χ2n) is 10.1. The second kappa shape index (κ2) is 15.7. The topological polar surface area (TPSA) is 97.3 Å². The Morgan fingerprint density at radius 1 is 0.878 bits per heavy atom. The summed E-state index contributed by atoms with van der Waals surface area (Å²) in [6.45, 7) is 4.03.